The topological polar surface area (TPSA) is 48.2 Å². The molecule has 1 aromatic heterocycles. The molecule has 0 N–H and O–H groups in total. The van der Waals surface area contributed by atoms with E-state index in [1.807, 2.05) is 6.07 Å². The number of thioether (sulfide) groups is 1. The van der Waals surface area contributed by atoms with Gasteiger partial charge in [-0.15, -0.1) is 10.2 Å². The molecule has 0 saturated carbocycles. The Hall–Kier alpha value is -1.33. The third kappa shape index (κ3) is 3.04. The molecule has 1 unspecified atom stereocenters. The lowest BCUT2D eigenvalue weighted by Gasteiger charge is -2.05. The molecular weight excluding hydrogens is 272 g/mol. The average molecular weight is 290 g/mol. The maximum atomic E-state index is 5.71. The van der Waals surface area contributed by atoms with Gasteiger partial charge in [0.2, 0.25) is 5.89 Å². The van der Waals surface area contributed by atoms with Crippen LogP contribution in [0.15, 0.2) is 27.8 Å². The van der Waals surface area contributed by atoms with Crippen LogP contribution >= 0.6 is 11.8 Å². The Morgan fingerprint density at radius 2 is 2.15 bits per heavy atom. The lowest BCUT2D eigenvalue weighted by Crippen LogP contribution is -2.07. The van der Waals surface area contributed by atoms with E-state index in [1.54, 1.807) is 11.8 Å². The quantitative estimate of drug-likeness (QED) is 0.805. The zero-order valence-corrected chi connectivity index (χ0v) is 12.6. The van der Waals surface area contributed by atoms with Crippen molar-refractivity contribution in [2.75, 3.05) is 12.4 Å². The number of benzene rings is 1. The van der Waals surface area contributed by atoms with Crippen LogP contribution in [-0.4, -0.2) is 28.7 Å². The predicted molar refractivity (Wildman–Crippen MR) is 78.9 cm³/mol. The van der Waals surface area contributed by atoms with E-state index in [0.717, 1.165) is 30.8 Å². The first kappa shape index (κ1) is 13.6. The van der Waals surface area contributed by atoms with Crippen molar-refractivity contribution in [1.29, 1.82) is 0 Å². The van der Waals surface area contributed by atoms with Crippen molar-refractivity contribution < 1.29 is 9.15 Å². The Labute approximate surface area is 122 Å². The largest absolute Gasteiger partial charge is 0.411 e. The predicted octanol–water partition coefficient (Wildman–Crippen LogP) is 3.62. The van der Waals surface area contributed by atoms with Gasteiger partial charge in [-0.1, -0.05) is 17.8 Å². The summed E-state index contributed by atoms with van der Waals surface area (Å²) in [5, 5.41) is 8.84. The fourth-order valence-corrected chi connectivity index (χ4v) is 3.03. The number of hydrogen-bond acceptors (Lipinski definition) is 5. The van der Waals surface area contributed by atoms with Crippen molar-refractivity contribution in [1.82, 2.24) is 10.2 Å². The van der Waals surface area contributed by atoms with E-state index < -0.39 is 0 Å². The summed E-state index contributed by atoms with van der Waals surface area (Å²) in [6, 6.07) is 6.18. The Kier molecular flexibility index (Phi) is 4.08. The van der Waals surface area contributed by atoms with Gasteiger partial charge >= 0.3 is 0 Å². The van der Waals surface area contributed by atoms with Gasteiger partial charge in [-0.3, -0.25) is 0 Å². The highest BCUT2D eigenvalue weighted by molar-refractivity contribution is 7.99. The summed E-state index contributed by atoms with van der Waals surface area (Å²) >= 11 is 1.58. The number of aryl methyl sites for hydroxylation is 2. The number of nitrogens with zero attached hydrogens (tertiary/aromatic N) is 2. The molecule has 1 fully saturated rings. The highest BCUT2D eigenvalue weighted by atomic mass is 32.2. The molecule has 3 rings (SSSR count). The zero-order valence-electron chi connectivity index (χ0n) is 11.8. The summed E-state index contributed by atoms with van der Waals surface area (Å²) in [6.07, 6.45) is 2.62. The van der Waals surface area contributed by atoms with E-state index >= 15 is 0 Å². The molecule has 1 aromatic carbocycles. The maximum Gasteiger partial charge on any atom is 0.276 e. The second-order valence-corrected chi connectivity index (χ2v) is 6.09. The van der Waals surface area contributed by atoms with Gasteiger partial charge < -0.3 is 9.15 Å². The first-order valence-electron chi connectivity index (χ1n) is 6.88. The monoisotopic (exact) mass is 290 g/mol. The lowest BCUT2D eigenvalue weighted by atomic mass is 10.1. The van der Waals surface area contributed by atoms with E-state index in [1.165, 1.54) is 11.1 Å². The van der Waals surface area contributed by atoms with Crippen LogP contribution in [0, 0.1) is 13.8 Å². The van der Waals surface area contributed by atoms with Gasteiger partial charge in [0.1, 0.15) is 0 Å². The molecular formula is C15H18N2O2S. The standard InChI is InChI=1S/C15H18N2O2S/c1-10-5-6-12(8-11(10)2)14-16-17-15(19-14)20-9-13-4-3-7-18-13/h5-6,8,13H,3-4,7,9H2,1-2H3. The first-order chi connectivity index (χ1) is 9.72. The molecule has 20 heavy (non-hydrogen) atoms. The summed E-state index contributed by atoms with van der Waals surface area (Å²) in [5.41, 5.74) is 3.47. The number of rotatable bonds is 4. The molecule has 1 aliphatic heterocycles. The van der Waals surface area contributed by atoms with Gasteiger partial charge in [-0.05, 0) is 49.9 Å². The van der Waals surface area contributed by atoms with Crippen molar-refractivity contribution >= 4 is 11.8 Å². The Morgan fingerprint density at radius 1 is 1.25 bits per heavy atom. The molecule has 0 amide bonds. The summed E-state index contributed by atoms with van der Waals surface area (Å²) < 4.78 is 11.3. The van der Waals surface area contributed by atoms with Crippen molar-refractivity contribution in [3.63, 3.8) is 0 Å². The third-order valence-electron chi connectivity index (χ3n) is 3.58. The van der Waals surface area contributed by atoms with Crippen LogP contribution in [0.4, 0.5) is 0 Å². The number of hydrogen-bond donors (Lipinski definition) is 0. The molecule has 5 heteroatoms. The van der Waals surface area contributed by atoms with E-state index in [0.29, 0.717) is 17.2 Å². The summed E-state index contributed by atoms with van der Waals surface area (Å²) in [7, 11) is 0. The third-order valence-corrected chi connectivity index (χ3v) is 4.53. The van der Waals surface area contributed by atoms with E-state index in [2.05, 4.69) is 36.2 Å². The van der Waals surface area contributed by atoms with Crippen LogP contribution in [0.5, 0.6) is 0 Å². The minimum atomic E-state index is 0.331. The van der Waals surface area contributed by atoms with E-state index in [4.69, 9.17) is 9.15 Å². The summed E-state index contributed by atoms with van der Waals surface area (Å²) in [6.45, 7) is 5.06. The minimum absolute atomic E-state index is 0.331. The normalized spacial score (nSPS) is 18.6. The van der Waals surface area contributed by atoms with Crippen molar-refractivity contribution in [2.45, 2.75) is 38.0 Å². The maximum absolute atomic E-state index is 5.71. The van der Waals surface area contributed by atoms with Gasteiger partial charge in [0.15, 0.2) is 0 Å². The molecule has 0 bridgehead atoms. The SMILES string of the molecule is Cc1ccc(-c2nnc(SCC3CCCO3)o2)cc1C. The first-order valence-corrected chi connectivity index (χ1v) is 7.86. The van der Waals surface area contributed by atoms with Crippen LogP contribution < -0.4 is 0 Å². The Balaban J connectivity index is 1.67. The molecule has 1 aliphatic rings. The fourth-order valence-electron chi connectivity index (χ4n) is 2.20. The Bertz CT molecular complexity index is 591. The lowest BCUT2D eigenvalue weighted by molar-refractivity contribution is 0.128. The zero-order chi connectivity index (χ0) is 13.9. The second kappa shape index (κ2) is 5.97. The highest BCUT2D eigenvalue weighted by Crippen LogP contribution is 2.27. The van der Waals surface area contributed by atoms with E-state index in [-0.39, 0.29) is 0 Å². The Morgan fingerprint density at radius 3 is 2.90 bits per heavy atom. The molecule has 4 nitrogen and oxygen atoms in total. The van der Waals surface area contributed by atoms with Gasteiger partial charge in [0, 0.05) is 17.9 Å². The van der Waals surface area contributed by atoms with Gasteiger partial charge in [-0.25, -0.2) is 0 Å². The van der Waals surface area contributed by atoms with Crippen LogP contribution in [0.2, 0.25) is 0 Å². The minimum Gasteiger partial charge on any atom is -0.411 e. The molecule has 1 atom stereocenters. The van der Waals surface area contributed by atoms with Crippen LogP contribution in [0.25, 0.3) is 11.5 Å². The summed E-state index contributed by atoms with van der Waals surface area (Å²) in [5.74, 6) is 1.47. The molecule has 1 saturated heterocycles. The number of aromatic nitrogens is 2. The molecule has 2 heterocycles. The summed E-state index contributed by atoms with van der Waals surface area (Å²) in [4.78, 5) is 0. The van der Waals surface area contributed by atoms with Crippen LogP contribution in [-0.2, 0) is 4.74 Å². The molecule has 2 aromatic rings. The highest BCUT2D eigenvalue weighted by Gasteiger charge is 2.17. The van der Waals surface area contributed by atoms with Gasteiger partial charge in [0.05, 0.1) is 6.10 Å². The molecule has 106 valence electrons. The smallest absolute Gasteiger partial charge is 0.276 e. The van der Waals surface area contributed by atoms with Crippen LogP contribution in [0.1, 0.15) is 24.0 Å². The molecule has 0 spiro atoms. The van der Waals surface area contributed by atoms with Crippen molar-refractivity contribution in [3.05, 3.63) is 29.3 Å². The average Bonchev–Trinajstić information content (AvgIpc) is 3.10. The second-order valence-electron chi connectivity index (χ2n) is 5.12. The van der Waals surface area contributed by atoms with Crippen molar-refractivity contribution in [3.8, 4) is 11.5 Å². The van der Waals surface area contributed by atoms with Gasteiger partial charge in [0.25, 0.3) is 5.22 Å². The fraction of sp³-hybridized carbons (Fsp3) is 0.467. The van der Waals surface area contributed by atoms with E-state index in [9.17, 15) is 0 Å². The number of ether oxygens (including phenoxy) is 1. The van der Waals surface area contributed by atoms with Crippen LogP contribution in [0.3, 0.4) is 0 Å². The van der Waals surface area contributed by atoms with Gasteiger partial charge in [-0.2, -0.15) is 0 Å². The molecule has 0 radical (unpaired) electrons. The van der Waals surface area contributed by atoms with Crippen molar-refractivity contribution in [2.24, 2.45) is 0 Å². The molecule has 0 aliphatic carbocycles.